The Balaban J connectivity index is 1.53. The van der Waals surface area contributed by atoms with Crippen LogP contribution < -0.4 is 21.3 Å². The van der Waals surface area contributed by atoms with Crippen LogP contribution in [0.1, 0.15) is 98.4 Å². The number of hydrogen-bond acceptors (Lipinski definition) is 10. The lowest BCUT2D eigenvalue weighted by Gasteiger charge is -2.19. The molecule has 498 valence electrons. The Labute approximate surface area is 566 Å². The number of rotatable bonds is 28. The van der Waals surface area contributed by atoms with E-state index in [0.717, 1.165) is 96.4 Å². The second-order valence-corrected chi connectivity index (χ2v) is 26.4. The number of nitrogens with one attached hydrogen (secondary N) is 6. The van der Waals surface area contributed by atoms with Crippen LogP contribution >= 0.6 is 0 Å². The number of hydrogen-bond donors (Lipinski definition) is 6. The quantitative estimate of drug-likeness (QED) is 0.0258. The summed E-state index contributed by atoms with van der Waals surface area (Å²) in [5, 5.41) is 13.3. The molecule has 2 aliphatic heterocycles. The largest absolute Gasteiger partial charge is 0.354 e. The molecular formula is C80H94N12O4. The molecule has 0 atom stereocenters. The topological polar surface area (TPSA) is 187 Å². The van der Waals surface area contributed by atoms with Gasteiger partial charge in [0.15, 0.2) is 0 Å². The van der Waals surface area contributed by atoms with Gasteiger partial charge in [0.25, 0.3) is 23.6 Å². The van der Waals surface area contributed by atoms with E-state index in [9.17, 15) is 19.2 Å². The lowest BCUT2D eigenvalue weighted by atomic mass is 9.95. The second-order valence-electron chi connectivity index (χ2n) is 26.4. The minimum absolute atomic E-state index is 0.317. The molecule has 6 N–H and O–H groups in total. The Morgan fingerprint density at radius 1 is 0.344 bits per heavy atom. The van der Waals surface area contributed by atoms with Crippen molar-refractivity contribution in [2.24, 2.45) is 0 Å². The third kappa shape index (κ3) is 16.8. The van der Waals surface area contributed by atoms with Crippen LogP contribution in [-0.4, -0.2) is 146 Å². The van der Waals surface area contributed by atoms with E-state index in [2.05, 4.69) is 158 Å². The molecule has 0 saturated heterocycles. The van der Waals surface area contributed by atoms with Crippen molar-refractivity contribution in [3.05, 3.63) is 191 Å². The van der Waals surface area contributed by atoms with E-state index in [1.165, 1.54) is 0 Å². The first-order valence-electron chi connectivity index (χ1n) is 33.0. The normalized spacial score (nSPS) is 11.8. The summed E-state index contributed by atoms with van der Waals surface area (Å²) < 4.78 is 0. The number of aromatic amines is 2. The average molecular weight is 1290 g/mol. The summed E-state index contributed by atoms with van der Waals surface area (Å²) in [6.45, 7) is 26.4. The average Bonchev–Trinajstić information content (AvgIpc) is 1.58. The molecule has 0 spiro atoms. The molecule has 2 aliphatic rings. The van der Waals surface area contributed by atoms with Crippen molar-refractivity contribution in [3.8, 4) is 44.5 Å². The summed E-state index contributed by atoms with van der Waals surface area (Å²) in [4.78, 5) is 84.6. The molecule has 4 aromatic carbocycles. The molecule has 16 heteroatoms. The lowest BCUT2D eigenvalue weighted by Crippen LogP contribution is -2.16. The Kier molecular flexibility index (Phi) is 23.2. The number of para-hydroxylation sites is 4. The summed E-state index contributed by atoms with van der Waals surface area (Å²) >= 11 is 0. The van der Waals surface area contributed by atoms with Gasteiger partial charge in [-0.2, -0.15) is 0 Å². The van der Waals surface area contributed by atoms with Crippen molar-refractivity contribution in [1.82, 2.24) is 39.5 Å². The Hall–Kier alpha value is -9.84. The van der Waals surface area contributed by atoms with Crippen LogP contribution in [0.3, 0.4) is 0 Å². The molecule has 0 aliphatic carbocycles. The van der Waals surface area contributed by atoms with Gasteiger partial charge in [-0.25, -0.2) is 9.97 Å². The molecule has 7 aromatic rings. The molecule has 96 heavy (non-hydrogen) atoms. The third-order valence-electron chi connectivity index (χ3n) is 17.1. The third-order valence-corrected chi connectivity index (χ3v) is 17.1. The van der Waals surface area contributed by atoms with Gasteiger partial charge in [0.05, 0.1) is 45.5 Å². The fraction of sp³-hybridized carbons (Fsp3) is 0.300. The minimum Gasteiger partial charge on any atom is -0.354 e. The van der Waals surface area contributed by atoms with Gasteiger partial charge in [0.2, 0.25) is 0 Å². The van der Waals surface area contributed by atoms with E-state index in [0.29, 0.717) is 138 Å². The first-order valence-corrected chi connectivity index (χ1v) is 33.0. The summed E-state index contributed by atoms with van der Waals surface area (Å²) in [5.74, 6) is -1.27. The van der Waals surface area contributed by atoms with E-state index in [4.69, 9.17) is 9.97 Å². The van der Waals surface area contributed by atoms with Crippen molar-refractivity contribution in [3.63, 3.8) is 0 Å². The standard InChI is InChI=1S/C80H94N12O4/c1-49(2)77(93)85-73-53(29-21-45-89(9)10)25-17-33-57(73)69-61-37-39-63(81-61)70(58-34-18-26-54(30-22-46-90(11)12)74(58)86-78(94)50(3)4)65-41-43-67(83-65)72(60-36-20-28-56(32-24-48-92(15)16)76(60)88-80(96)52(7)8)68-44-42-66(84-68)71(64-40-38-62(69)82-64)59-35-19-27-55(31-23-47-91(13)14)75(59)87-79(95)51(5)6/h17-20,25-28,33-44,81,84H,1,3,5,7,21-24,29-32,45-48H2,2,4,6,8-16H3,(H,85,93)(H,86,94)(H,87,95)(H,88,96). The molecule has 5 heterocycles. The van der Waals surface area contributed by atoms with E-state index in [-0.39, 0.29) is 23.6 Å². The van der Waals surface area contributed by atoms with Crippen molar-refractivity contribution in [2.45, 2.75) is 79.1 Å². The fourth-order valence-corrected chi connectivity index (χ4v) is 12.2. The SMILES string of the molecule is C=C(C)C(=O)Nc1c(CCCN(C)C)cccc1-c1c2nc(c(-c3cccc(CCCN(C)C)c3NC(=O)C(=C)C)c3ccc([nH]3)c(-c3cccc(CCCN(C)C)c3NC(=O)C(=C)C)c3nc(c(-c4cccc(CCCN(C)C)c4NC(=O)C(=C)C)c4ccc1[nH]4)C=C3)C=C2. The summed E-state index contributed by atoms with van der Waals surface area (Å²) in [6, 6.07) is 32.6. The van der Waals surface area contributed by atoms with E-state index >= 15 is 0 Å². The Morgan fingerprint density at radius 3 is 0.740 bits per heavy atom. The molecule has 3 aromatic heterocycles. The van der Waals surface area contributed by atoms with Crippen LogP contribution in [0.5, 0.6) is 0 Å². The molecule has 0 fully saturated rings. The zero-order chi connectivity index (χ0) is 69.1. The highest BCUT2D eigenvalue weighted by atomic mass is 16.2. The predicted octanol–water partition coefficient (Wildman–Crippen LogP) is 15.4. The van der Waals surface area contributed by atoms with Gasteiger partial charge in [-0.15, -0.1) is 0 Å². The van der Waals surface area contributed by atoms with Crippen LogP contribution in [0.25, 0.3) is 90.9 Å². The molecule has 16 nitrogen and oxygen atoms in total. The molecule has 0 unspecified atom stereocenters. The highest BCUT2D eigenvalue weighted by Crippen LogP contribution is 2.45. The van der Waals surface area contributed by atoms with Gasteiger partial charge in [0.1, 0.15) is 0 Å². The number of fused-ring (bicyclic) bond motifs is 8. The van der Waals surface area contributed by atoms with Crippen LogP contribution in [0, 0.1) is 0 Å². The van der Waals surface area contributed by atoms with Crippen molar-refractivity contribution in [1.29, 1.82) is 0 Å². The van der Waals surface area contributed by atoms with Gasteiger partial charge in [0, 0.05) is 88.9 Å². The number of aryl methyl sites for hydroxylation is 4. The smallest absolute Gasteiger partial charge is 0.250 e. The van der Waals surface area contributed by atoms with E-state index < -0.39 is 0 Å². The summed E-state index contributed by atoms with van der Waals surface area (Å²) in [6.07, 6.45) is 14.0. The molecule has 8 bridgehead atoms. The molecule has 0 saturated carbocycles. The summed E-state index contributed by atoms with van der Waals surface area (Å²) in [5.41, 5.74) is 18.4. The van der Waals surface area contributed by atoms with Gasteiger partial charge < -0.3 is 50.8 Å². The molecule has 4 amide bonds. The van der Waals surface area contributed by atoms with Crippen molar-refractivity contribution < 1.29 is 19.2 Å². The van der Waals surface area contributed by atoms with Crippen LogP contribution in [-0.2, 0) is 44.9 Å². The maximum atomic E-state index is 14.2. The molecular weight excluding hydrogens is 1190 g/mol. The summed E-state index contributed by atoms with van der Waals surface area (Å²) in [7, 11) is 16.4. The number of carbonyl (C=O) groups excluding carboxylic acids is 4. The number of carbonyl (C=O) groups is 4. The Bertz CT molecular complexity index is 3890. The number of benzene rings is 4. The maximum Gasteiger partial charge on any atom is 0.250 e. The van der Waals surface area contributed by atoms with Crippen LogP contribution in [0.4, 0.5) is 22.7 Å². The van der Waals surface area contributed by atoms with E-state index in [1.807, 2.05) is 97.1 Å². The first kappa shape index (κ1) is 70.5. The lowest BCUT2D eigenvalue weighted by molar-refractivity contribution is -0.113. The number of nitrogens with zero attached hydrogens (tertiary/aromatic N) is 6. The predicted molar refractivity (Wildman–Crippen MR) is 402 cm³/mol. The number of anilines is 4. The minimum atomic E-state index is -0.317. The van der Waals surface area contributed by atoms with Gasteiger partial charge in [-0.05, 0) is 232 Å². The monoisotopic (exact) mass is 1290 g/mol. The Morgan fingerprint density at radius 2 is 0.552 bits per heavy atom. The number of amides is 4. The molecule has 0 radical (unpaired) electrons. The second kappa shape index (κ2) is 31.6. The zero-order valence-electron chi connectivity index (χ0n) is 58.2. The number of aromatic nitrogens is 4. The van der Waals surface area contributed by atoms with Gasteiger partial charge in [-0.1, -0.05) is 99.1 Å². The number of H-pyrrole nitrogens is 2. The highest BCUT2D eigenvalue weighted by Gasteiger charge is 2.27. The van der Waals surface area contributed by atoms with Gasteiger partial charge >= 0.3 is 0 Å². The van der Waals surface area contributed by atoms with Gasteiger partial charge in [-0.3, -0.25) is 19.2 Å². The van der Waals surface area contributed by atoms with Crippen LogP contribution in [0.15, 0.2) is 146 Å². The highest BCUT2D eigenvalue weighted by molar-refractivity contribution is 6.12. The van der Waals surface area contributed by atoms with Crippen molar-refractivity contribution >= 4 is 92.7 Å². The fourth-order valence-electron chi connectivity index (χ4n) is 12.2. The first-order chi connectivity index (χ1) is 45.9. The van der Waals surface area contributed by atoms with Crippen molar-refractivity contribution in [2.75, 3.05) is 104 Å². The van der Waals surface area contributed by atoms with Crippen LogP contribution in [0.2, 0.25) is 0 Å². The molecule has 9 rings (SSSR count). The zero-order valence-corrected chi connectivity index (χ0v) is 58.2. The van der Waals surface area contributed by atoms with E-state index in [1.54, 1.807) is 27.7 Å². The maximum absolute atomic E-state index is 14.2.